The van der Waals surface area contributed by atoms with Crippen LogP contribution < -0.4 is 5.32 Å². The summed E-state index contributed by atoms with van der Waals surface area (Å²) in [4.78, 5) is 0. The lowest BCUT2D eigenvalue weighted by molar-refractivity contribution is -0.292. The molecule has 1 N–H and O–H groups in total. The molecule has 9 heteroatoms. The van der Waals surface area contributed by atoms with Crippen LogP contribution in [0.15, 0.2) is 18.2 Å². The molecule has 0 bridgehead atoms. The van der Waals surface area contributed by atoms with Crippen LogP contribution in [0.2, 0.25) is 0 Å². The van der Waals surface area contributed by atoms with Crippen LogP contribution in [0.4, 0.5) is 35.1 Å². The van der Waals surface area contributed by atoms with Gasteiger partial charge in [0.15, 0.2) is 5.92 Å². The topological polar surface area (TPSA) is 12.0 Å². The standard InChI is InChI=1S/C11H9F8N/c1-20-8(7-5(12)3-2-4-6(7)13)9(10(14,15)16)11(17,18)19/h2-4,8-9,20H,1H3. The number of benzene rings is 1. The van der Waals surface area contributed by atoms with Crippen molar-refractivity contribution in [2.24, 2.45) is 5.92 Å². The first-order valence-corrected chi connectivity index (χ1v) is 5.24. The fraction of sp³-hybridized carbons (Fsp3) is 0.455. The molecule has 0 amide bonds. The third kappa shape index (κ3) is 3.38. The van der Waals surface area contributed by atoms with Crippen LogP contribution >= 0.6 is 0 Å². The van der Waals surface area contributed by atoms with Gasteiger partial charge < -0.3 is 5.32 Å². The van der Waals surface area contributed by atoms with Crippen molar-refractivity contribution in [1.29, 1.82) is 0 Å². The molecule has 1 atom stereocenters. The molecule has 1 rings (SSSR count). The Morgan fingerprint density at radius 2 is 1.30 bits per heavy atom. The molecule has 0 heterocycles. The van der Waals surface area contributed by atoms with Crippen LogP contribution in [-0.2, 0) is 0 Å². The number of nitrogens with one attached hydrogen (secondary N) is 1. The van der Waals surface area contributed by atoms with E-state index in [9.17, 15) is 35.1 Å². The Morgan fingerprint density at radius 1 is 0.900 bits per heavy atom. The summed E-state index contributed by atoms with van der Waals surface area (Å²) in [5.41, 5.74) is -1.30. The second-order valence-corrected chi connectivity index (χ2v) is 3.96. The molecule has 0 aliphatic rings. The maximum atomic E-state index is 13.4. The summed E-state index contributed by atoms with van der Waals surface area (Å²) < 4.78 is 102. The van der Waals surface area contributed by atoms with E-state index in [2.05, 4.69) is 0 Å². The normalized spacial score (nSPS) is 14.7. The van der Waals surface area contributed by atoms with E-state index >= 15 is 0 Å². The van der Waals surface area contributed by atoms with Gasteiger partial charge in [0, 0.05) is 5.56 Å². The molecule has 0 aliphatic heterocycles. The number of halogens is 8. The van der Waals surface area contributed by atoms with Gasteiger partial charge in [0.1, 0.15) is 11.6 Å². The lowest BCUT2D eigenvalue weighted by atomic mass is 9.91. The van der Waals surface area contributed by atoms with Crippen LogP contribution in [0.3, 0.4) is 0 Å². The first-order valence-electron chi connectivity index (χ1n) is 5.24. The van der Waals surface area contributed by atoms with Gasteiger partial charge >= 0.3 is 12.4 Å². The Balaban J connectivity index is 3.43. The molecule has 0 radical (unpaired) electrons. The Kier molecular flexibility index (Phi) is 4.62. The molecule has 0 aromatic heterocycles. The molecule has 114 valence electrons. The zero-order valence-electron chi connectivity index (χ0n) is 9.91. The molecule has 1 unspecified atom stereocenters. The van der Waals surface area contributed by atoms with E-state index < -0.39 is 41.5 Å². The minimum atomic E-state index is -5.71. The molecule has 0 saturated carbocycles. The summed E-state index contributed by atoms with van der Waals surface area (Å²) in [6.07, 6.45) is -11.4. The summed E-state index contributed by atoms with van der Waals surface area (Å²) in [6.45, 7) is 0. The van der Waals surface area contributed by atoms with E-state index in [0.29, 0.717) is 12.1 Å². The molecule has 0 spiro atoms. The molecule has 0 fully saturated rings. The van der Waals surface area contributed by atoms with Crippen molar-refractivity contribution in [3.8, 4) is 0 Å². The minimum absolute atomic E-state index is 0.590. The maximum absolute atomic E-state index is 13.4. The van der Waals surface area contributed by atoms with Gasteiger partial charge in [-0.2, -0.15) is 26.3 Å². The van der Waals surface area contributed by atoms with E-state index in [1.54, 1.807) is 5.32 Å². The predicted molar refractivity (Wildman–Crippen MR) is 53.8 cm³/mol. The van der Waals surface area contributed by atoms with Crippen molar-refractivity contribution in [1.82, 2.24) is 5.32 Å². The molecular weight excluding hydrogens is 298 g/mol. The monoisotopic (exact) mass is 307 g/mol. The zero-order valence-corrected chi connectivity index (χ0v) is 9.91. The fourth-order valence-corrected chi connectivity index (χ4v) is 1.85. The van der Waals surface area contributed by atoms with Crippen LogP contribution in [-0.4, -0.2) is 19.4 Å². The molecule has 1 aromatic rings. The number of hydrogen-bond donors (Lipinski definition) is 1. The van der Waals surface area contributed by atoms with Crippen LogP contribution in [0.1, 0.15) is 11.6 Å². The predicted octanol–water partition coefficient (Wildman–Crippen LogP) is 3.97. The maximum Gasteiger partial charge on any atom is 0.402 e. The average molecular weight is 307 g/mol. The lowest BCUT2D eigenvalue weighted by Gasteiger charge is -2.31. The van der Waals surface area contributed by atoms with Gasteiger partial charge in [0.2, 0.25) is 0 Å². The third-order valence-electron chi connectivity index (χ3n) is 2.66. The third-order valence-corrected chi connectivity index (χ3v) is 2.66. The van der Waals surface area contributed by atoms with Gasteiger partial charge in [-0.25, -0.2) is 8.78 Å². The fourth-order valence-electron chi connectivity index (χ4n) is 1.85. The largest absolute Gasteiger partial charge is 0.402 e. The second-order valence-electron chi connectivity index (χ2n) is 3.96. The average Bonchev–Trinajstić information content (AvgIpc) is 2.23. The Morgan fingerprint density at radius 3 is 1.60 bits per heavy atom. The summed E-state index contributed by atoms with van der Waals surface area (Å²) in [6, 6.07) is -0.591. The zero-order chi connectivity index (χ0) is 15.7. The molecule has 1 aromatic carbocycles. The molecule has 1 nitrogen and oxygen atoms in total. The van der Waals surface area contributed by atoms with Gasteiger partial charge in [-0.3, -0.25) is 0 Å². The second kappa shape index (κ2) is 5.55. The number of rotatable bonds is 3. The van der Waals surface area contributed by atoms with Crippen LogP contribution in [0.5, 0.6) is 0 Å². The SMILES string of the molecule is CNC(c1c(F)cccc1F)C(C(F)(F)F)C(F)(F)F. The highest BCUT2D eigenvalue weighted by atomic mass is 19.4. The quantitative estimate of drug-likeness (QED) is 0.833. The Bertz CT molecular complexity index is 430. The van der Waals surface area contributed by atoms with Crippen molar-refractivity contribution < 1.29 is 35.1 Å². The smallest absolute Gasteiger partial charge is 0.312 e. The van der Waals surface area contributed by atoms with Gasteiger partial charge in [-0.1, -0.05) is 6.07 Å². The summed E-state index contributed by atoms with van der Waals surface area (Å²) in [5, 5.41) is 1.69. The van der Waals surface area contributed by atoms with Crippen molar-refractivity contribution in [3.05, 3.63) is 35.4 Å². The molecule has 0 saturated heterocycles. The van der Waals surface area contributed by atoms with E-state index in [4.69, 9.17) is 0 Å². The lowest BCUT2D eigenvalue weighted by Crippen LogP contribution is -2.45. The first kappa shape index (κ1) is 16.7. The highest BCUT2D eigenvalue weighted by Crippen LogP contribution is 2.47. The van der Waals surface area contributed by atoms with E-state index in [-0.39, 0.29) is 0 Å². The highest BCUT2D eigenvalue weighted by molar-refractivity contribution is 5.25. The Hall–Kier alpha value is -1.38. The van der Waals surface area contributed by atoms with E-state index in [0.717, 1.165) is 13.1 Å². The van der Waals surface area contributed by atoms with Crippen LogP contribution in [0.25, 0.3) is 0 Å². The van der Waals surface area contributed by atoms with Crippen LogP contribution in [0, 0.1) is 17.6 Å². The summed E-state index contributed by atoms with van der Waals surface area (Å²) >= 11 is 0. The molecule has 20 heavy (non-hydrogen) atoms. The Labute approximate surface area is 108 Å². The number of hydrogen-bond acceptors (Lipinski definition) is 1. The highest BCUT2D eigenvalue weighted by Gasteiger charge is 2.61. The van der Waals surface area contributed by atoms with Gasteiger partial charge in [-0.05, 0) is 19.2 Å². The minimum Gasteiger partial charge on any atom is -0.312 e. The number of alkyl halides is 6. The summed E-state index contributed by atoms with van der Waals surface area (Å²) in [7, 11) is 0.765. The van der Waals surface area contributed by atoms with E-state index in [1.165, 1.54) is 0 Å². The van der Waals surface area contributed by atoms with Crippen molar-refractivity contribution in [2.75, 3.05) is 7.05 Å². The van der Waals surface area contributed by atoms with Crippen molar-refractivity contribution in [2.45, 2.75) is 18.4 Å². The van der Waals surface area contributed by atoms with E-state index in [1.807, 2.05) is 0 Å². The molecular formula is C11H9F8N. The summed E-state index contributed by atoms with van der Waals surface area (Å²) in [5.74, 6) is -6.89. The van der Waals surface area contributed by atoms with Gasteiger partial charge in [-0.15, -0.1) is 0 Å². The molecule has 0 aliphatic carbocycles. The van der Waals surface area contributed by atoms with Crippen molar-refractivity contribution in [3.63, 3.8) is 0 Å². The van der Waals surface area contributed by atoms with Gasteiger partial charge in [0.05, 0.1) is 6.04 Å². The van der Waals surface area contributed by atoms with Crippen molar-refractivity contribution >= 4 is 0 Å². The van der Waals surface area contributed by atoms with Gasteiger partial charge in [0.25, 0.3) is 0 Å². The first-order chi connectivity index (χ1) is 9.00.